The minimum Gasteiger partial charge on any atom is -0.301 e. The van der Waals surface area contributed by atoms with Crippen molar-refractivity contribution in [3.05, 3.63) is 0 Å². The molecule has 17 heavy (non-hydrogen) atoms. The second-order valence-corrected chi connectivity index (χ2v) is 5.88. The molecule has 0 saturated carbocycles. The Morgan fingerprint density at radius 2 is 2.06 bits per heavy atom. The molecule has 1 fully saturated rings. The summed E-state index contributed by atoms with van der Waals surface area (Å²) >= 11 is 0. The Bertz CT molecular complexity index is 267. The van der Waals surface area contributed by atoms with E-state index in [1.54, 1.807) is 0 Å². The SMILES string of the molecule is CCN1CCN(CCCC(C)(C)C#N)CC1C. The average molecular weight is 237 g/mol. The van der Waals surface area contributed by atoms with E-state index >= 15 is 0 Å². The van der Waals surface area contributed by atoms with Crippen LogP contribution in [0.1, 0.15) is 40.5 Å². The first-order valence-electron chi connectivity index (χ1n) is 6.86. The summed E-state index contributed by atoms with van der Waals surface area (Å²) in [6, 6.07) is 3.06. The van der Waals surface area contributed by atoms with E-state index in [0.717, 1.165) is 25.9 Å². The summed E-state index contributed by atoms with van der Waals surface area (Å²) in [5.74, 6) is 0. The van der Waals surface area contributed by atoms with Crippen LogP contribution in [0.15, 0.2) is 0 Å². The molecule has 1 saturated heterocycles. The van der Waals surface area contributed by atoms with Gasteiger partial charge >= 0.3 is 0 Å². The van der Waals surface area contributed by atoms with Crippen molar-refractivity contribution in [2.45, 2.75) is 46.6 Å². The molecular weight excluding hydrogens is 210 g/mol. The molecule has 0 aromatic carbocycles. The van der Waals surface area contributed by atoms with Gasteiger partial charge in [-0.3, -0.25) is 4.90 Å². The molecule has 1 aliphatic heterocycles. The second-order valence-electron chi connectivity index (χ2n) is 5.88. The number of hydrogen-bond donors (Lipinski definition) is 0. The Morgan fingerprint density at radius 3 is 2.59 bits per heavy atom. The number of piperazine rings is 1. The first-order valence-corrected chi connectivity index (χ1v) is 6.86. The average Bonchev–Trinajstić information content (AvgIpc) is 2.29. The van der Waals surface area contributed by atoms with Crippen LogP contribution < -0.4 is 0 Å². The van der Waals surface area contributed by atoms with Gasteiger partial charge < -0.3 is 4.90 Å². The van der Waals surface area contributed by atoms with E-state index < -0.39 is 0 Å². The van der Waals surface area contributed by atoms with E-state index in [4.69, 9.17) is 5.26 Å². The van der Waals surface area contributed by atoms with Crippen LogP contribution in [0.3, 0.4) is 0 Å². The summed E-state index contributed by atoms with van der Waals surface area (Å²) in [5, 5.41) is 8.97. The molecule has 1 aliphatic rings. The summed E-state index contributed by atoms with van der Waals surface area (Å²) in [4.78, 5) is 5.08. The number of nitriles is 1. The number of nitrogens with zero attached hydrogens (tertiary/aromatic N) is 3. The molecule has 0 bridgehead atoms. The van der Waals surface area contributed by atoms with Gasteiger partial charge in [-0.05, 0) is 46.7 Å². The van der Waals surface area contributed by atoms with Crippen molar-refractivity contribution in [2.24, 2.45) is 5.41 Å². The highest BCUT2D eigenvalue weighted by Crippen LogP contribution is 2.21. The van der Waals surface area contributed by atoms with E-state index in [1.807, 2.05) is 13.8 Å². The van der Waals surface area contributed by atoms with Gasteiger partial charge in [0, 0.05) is 25.7 Å². The van der Waals surface area contributed by atoms with Crippen molar-refractivity contribution in [1.82, 2.24) is 9.80 Å². The molecule has 0 amide bonds. The van der Waals surface area contributed by atoms with E-state index in [1.165, 1.54) is 19.6 Å². The van der Waals surface area contributed by atoms with Crippen LogP contribution in [0.25, 0.3) is 0 Å². The fourth-order valence-corrected chi connectivity index (χ4v) is 2.54. The largest absolute Gasteiger partial charge is 0.301 e. The molecule has 1 atom stereocenters. The lowest BCUT2D eigenvalue weighted by atomic mass is 9.90. The van der Waals surface area contributed by atoms with Gasteiger partial charge in [-0.15, -0.1) is 0 Å². The Kier molecular flexibility index (Phi) is 5.42. The van der Waals surface area contributed by atoms with Crippen molar-refractivity contribution in [3.8, 4) is 6.07 Å². The molecule has 0 spiro atoms. The fraction of sp³-hybridized carbons (Fsp3) is 0.929. The second kappa shape index (κ2) is 6.37. The van der Waals surface area contributed by atoms with Gasteiger partial charge in [-0.25, -0.2) is 0 Å². The summed E-state index contributed by atoms with van der Waals surface area (Å²) in [6.07, 6.45) is 2.14. The summed E-state index contributed by atoms with van der Waals surface area (Å²) in [5.41, 5.74) is -0.156. The third-order valence-electron chi connectivity index (χ3n) is 3.83. The Balaban J connectivity index is 2.24. The maximum Gasteiger partial charge on any atom is 0.0683 e. The molecule has 3 nitrogen and oxygen atoms in total. The molecule has 1 rings (SSSR count). The van der Waals surface area contributed by atoms with Crippen LogP contribution in [0.2, 0.25) is 0 Å². The zero-order chi connectivity index (χ0) is 12.9. The van der Waals surface area contributed by atoms with E-state index in [2.05, 4.69) is 29.7 Å². The van der Waals surface area contributed by atoms with Gasteiger partial charge in [0.25, 0.3) is 0 Å². The van der Waals surface area contributed by atoms with Crippen molar-refractivity contribution < 1.29 is 0 Å². The maximum atomic E-state index is 8.97. The molecule has 1 heterocycles. The van der Waals surface area contributed by atoms with Gasteiger partial charge in [0.1, 0.15) is 0 Å². The van der Waals surface area contributed by atoms with E-state index in [0.29, 0.717) is 6.04 Å². The lowest BCUT2D eigenvalue weighted by Crippen LogP contribution is -2.51. The molecular formula is C14H27N3. The standard InChI is InChI=1S/C14H27N3/c1-5-17-10-9-16(11-13(17)2)8-6-7-14(3,4)12-15/h13H,5-11H2,1-4H3. The minimum absolute atomic E-state index is 0.156. The van der Waals surface area contributed by atoms with Crippen LogP contribution in [0.5, 0.6) is 0 Å². The lowest BCUT2D eigenvalue weighted by Gasteiger charge is -2.39. The fourth-order valence-electron chi connectivity index (χ4n) is 2.54. The first kappa shape index (κ1) is 14.5. The van der Waals surface area contributed by atoms with E-state index in [-0.39, 0.29) is 5.41 Å². The zero-order valence-corrected chi connectivity index (χ0v) is 11.9. The molecule has 0 aliphatic carbocycles. The molecule has 0 aromatic rings. The molecule has 98 valence electrons. The number of hydrogen-bond acceptors (Lipinski definition) is 3. The topological polar surface area (TPSA) is 30.3 Å². The Morgan fingerprint density at radius 1 is 1.35 bits per heavy atom. The zero-order valence-electron chi connectivity index (χ0n) is 11.9. The van der Waals surface area contributed by atoms with E-state index in [9.17, 15) is 0 Å². The number of rotatable bonds is 5. The molecule has 0 radical (unpaired) electrons. The normalized spacial score (nSPS) is 23.6. The highest BCUT2D eigenvalue weighted by molar-refractivity contribution is 4.91. The van der Waals surface area contributed by atoms with Crippen molar-refractivity contribution in [2.75, 3.05) is 32.7 Å². The predicted octanol–water partition coefficient (Wildman–Crippen LogP) is 2.34. The van der Waals surface area contributed by atoms with Crippen LogP contribution in [0.4, 0.5) is 0 Å². The molecule has 0 aromatic heterocycles. The van der Waals surface area contributed by atoms with Gasteiger partial charge in [0.2, 0.25) is 0 Å². The third-order valence-corrected chi connectivity index (χ3v) is 3.83. The summed E-state index contributed by atoms with van der Waals surface area (Å²) in [7, 11) is 0. The van der Waals surface area contributed by atoms with Crippen LogP contribution in [-0.4, -0.2) is 48.6 Å². The predicted molar refractivity (Wildman–Crippen MR) is 71.8 cm³/mol. The van der Waals surface area contributed by atoms with Crippen molar-refractivity contribution in [3.63, 3.8) is 0 Å². The lowest BCUT2D eigenvalue weighted by molar-refractivity contribution is 0.0856. The molecule has 1 unspecified atom stereocenters. The highest BCUT2D eigenvalue weighted by atomic mass is 15.3. The smallest absolute Gasteiger partial charge is 0.0683 e. The van der Waals surface area contributed by atoms with Crippen molar-refractivity contribution in [1.29, 1.82) is 5.26 Å². The van der Waals surface area contributed by atoms with Gasteiger partial charge in [-0.2, -0.15) is 5.26 Å². The van der Waals surface area contributed by atoms with Crippen LogP contribution in [0, 0.1) is 16.7 Å². The Labute approximate surface area is 106 Å². The third kappa shape index (κ3) is 4.65. The van der Waals surface area contributed by atoms with Gasteiger partial charge in [-0.1, -0.05) is 6.92 Å². The first-order chi connectivity index (χ1) is 7.98. The highest BCUT2D eigenvalue weighted by Gasteiger charge is 2.23. The minimum atomic E-state index is -0.156. The van der Waals surface area contributed by atoms with Crippen LogP contribution in [-0.2, 0) is 0 Å². The molecule has 3 heteroatoms. The van der Waals surface area contributed by atoms with Gasteiger partial charge in [0.05, 0.1) is 11.5 Å². The summed E-state index contributed by atoms with van der Waals surface area (Å²) in [6.45, 7) is 14.5. The van der Waals surface area contributed by atoms with Gasteiger partial charge in [0.15, 0.2) is 0 Å². The van der Waals surface area contributed by atoms with Crippen LogP contribution >= 0.6 is 0 Å². The Hall–Kier alpha value is -0.590. The quantitative estimate of drug-likeness (QED) is 0.735. The summed E-state index contributed by atoms with van der Waals surface area (Å²) < 4.78 is 0. The molecule has 0 N–H and O–H groups in total. The maximum absolute atomic E-state index is 8.97. The number of likely N-dealkylation sites (N-methyl/N-ethyl adjacent to an activating group) is 1. The van der Waals surface area contributed by atoms with Crippen molar-refractivity contribution >= 4 is 0 Å². The monoisotopic (exact) mass is 237 g/mol.